The van der Waals surface area contributed by atoms with Gasteiger partial charge in [-0.15, -0.1) is 0 Å². The number of nitrogens with two attached hydrogens (primary N) is 1. The molecule has 2 N–H and O–H groups in total. The molecule has 2 aromatic carbocycles. The van der Waals surface area contributed by atoms with E-state index < -0.39 is 0 Å². The summed E-state index contributed by atoms with van der Waals surface area (Å²) in [5, 5.41) is 0. The van der Waals surface area contributed by atoms with Crippen LogP contribution in [0.2, 0.25) is 0 Å². The van der Waals surface area contributed by atoms with Crippen LogP contribution in [0.3, 0.4) is 0 Å². The van der Waals surface area contributed by atoms with E-state index in [9.17, 15) is 0 Å². The second-order valence-electron chi connectivity index (χ2n) is 4.92. The van der Waals surface area contributed by atoms with Crippen molar-refractivity contribution in [3.05, 3.63) is 54.1 Å². The molecule has 0 amide bonds. The van der Waals surface area contributed by atoms with E-state index in [2.05, 4.69) is 30.1 Å². The molecule has 106 valence electrons. The van der Waals surface area contributed by atoms with Gasteiger partial charge in [0.15, 0.2) is 0 Å². The lowest BCUT2D eigenvalue weighted by molar-refractivity contribution is 0.415. The van der Waals surface area contributed by atoms with Gasteiger partial charge in [0.1, 0.15) is 5.75 Å². The summed E-state index contributed by atoms with van der Waals surface area (Å²) in [6.45, 7) is 1.00. The molecule has 0 radical (unpaired) electrons. The zero-order valence-electron chi connectivity index (χ0n) is 12.2. The minimum atomic E-state index is 0.888. The van der Waals surface area contributed by atoms with Crippen LogP contribution < -0.4 is 15.4 Å². The van der Waals surface area contributed by atoms with Crippen molar-refractivity contribution in [3.8, 4) is 5.75 Å². The molecule has 0 aliphatic heterocycles. The Hall–Kier alpha value is -2.16. The second kappa shape index (κ2) is 6.85. The third-order valence-corrected chi connectivity index (χ3v) is 3.51. The number of nitrogens with zero attached hydrogens (tertiary/aromatic N) is 1. The SMILES string of the molecule is COc1ccc(N(C)CCCc2ccccc2N)cc1. The Kier molecular flexibility index (Phi) is 4.88. The lowest BCUT2D eigenvalue weighted by atomic mass is 10.1. The molecule has 2 rings (SSSR count). The Morgan fingerprint density at radius 1 is 1.05 bits per heavy atom. The van der Waals surface area contributed by atoms with Gasteiger partial charge >= 0.3 is 0 Å². The molecule has 0 heterocycles. The maximum absolute atomic E-state index is 5.95. The van der Waals surface area contributed by atoms with Crippen molar-refractivity contribution in [2.24, 2.45) is 0 Å². The highest BCUT2D eigenvalue weighted by atomic mass is 16.5. The van der Waals surface area contributed by atoms with Gasteiger partial charge in [-0.05, 0) is 48.7 Å². The van der Waals surface area contributed by atoms with Gasteiger partial charge in [0, 0.05) is 25.0 Å². The van der Waals surface area contributed by atoms with Gasteiger partial charge in [-0.3, -0.25) is 0 Å². The lowest BCUT2D eigenvalue weighted by Crippen LogP contribution is -2.19. The standard InChI is InChI=1S/C17H22N2O/c1-19(15-9-11-16(20-2)12-10-15)13-5-7-14-6-3-4-8-17(14)18/h3-4,6,8-12H,5,7,13,18H2,1-2H3. The average Bonchev–Trinajstić information content (AvgIpc) is 2.49. The summed E-state index contributed by atoms with van der Waals surface area (Å²) >= 11 is 0. The average molecular weight is 270 g/mol. The molecule has 3 nitrogen and oxygen atoms in total. The highest BCUT2D eigenvalue weighted by Gasteiger charge is 2.03. The fourth-order valence-corrected chi connectivity index (χ4v) is 2.23. The van der Waals surface area contributed by atoms with E-state index in [0.717, 1.165) is 30.8 Å². The maximum Gasteiger partial charge on any atom is 0.119 e. The van der Waals surface area contributed by atoms with Crippen molar-refractivity contribution in [2.75, 3.05) is 31.3 Å². The van der Waals surface area contributed by atoms with Crippen LogP contribution in [0.25, 0.3) is 0 Å². The van der Waals surface area contributed by atoms with Crippen LogP contribution in [-0.4, -0.2) is 20.7 Å². The molecule has 0 saturated heterocycles. The zero-order valence-corrected chi connectivity index (χ0v) is 12.2. The topological polar surface area (TPSA) is 38.5 Å². The summed E-state index contributed by atoms with van der Waals surface area (Å²) in [6.07, 6.45) is 2.09. The van der Waals surface area contributed by atoms with Crippen molar-refractivity contribution < 1.29 is 4.74 Å². The lowest BCUT2D eigenvalue weighted by Gasteiger charge is -2.19. The molecule has 20 heavy (non-hydrogen) atoms. The van der Waals surface area contributed by atoms with E-state index in [4.69, 9.17) is 10.5 Å². The third kappa shape index (κ3) is 3.67. The normalized spacial score (nSPS) is 10.3. The summed E-state index contributed by atoms with van der Waals surface area (Å²) in [7, 11) is 3.79. The quantitative estimate of drug-likeness (QED) is 0.818. The molecule has 0 saturated carbocycles. The van der Waals surface area contributed by atoms with Crippen molar-refractivity contribution in [3.63, 3.8) is 0 Å². The molecule has 0 bridgehead atoms. The summed E-state index contributed by atoms with van der Waals surface area (Å²) < 4.78 is 5.17. The van der Waals surface area contributed by atoms with Gasteiger partial charge < -0.3 is 15.4 Å². The maximum atomic E-state index is 5.95. The van der Waals surface area contributed by atoms with E-state index in [1.54, 1.807) is 7.11 Å². The highest BCUT2D eigenvalue weighted by molar-refractivity contribution is 5.49. The van der Waals surface area contributed by atoms with Crippen molar-refractivity contribution in [2.45, 2.75) is 12.8 Å². The number of anilines is 2. The molecule has 0 fully saturated rings. The van der Waals surface area contributed by atoms with Crippen molar-refractivity contribution in [1.82, 2.24) is 0 Å². The Bertz CT molecular complexity index is 537. The monoisotopic (exact) mass is 270 g/mol. The second-order valence-corrected chi connectivity index (χ2v) is 4.92. The molecule has 0 aliphatic carbocycles. The van der Waals surface area contributed by atoms with Crippen molar-refractivity contribution >= 4 is 11.4 Å². The first-order valence-electron chi connectivity index (χ1n) is 6.89. The molecule has 0 atom stereocenters. The first-order chi connectivity index (χ1) is 9.70. The molecule has 0 spiro atoms. The van der Waals surface area contributed by atoms with Crippen LogP contribution in [0.5, 0.6) is 5.75 Å². The van der Waals surface area contributed by atoms with Gasteiger partial charge in [-0.2, -0.15) is 0 Å². The number of para-hydroxylation sites is 1. The number of ether oxygens (including phenoxy) is 1. The van der Waals surface area contributed by atoms with Crippen LogP contribution in [0.4, 0.5) is 11.4 Å². The largest absolute Gasteiger partial charge is 0.497 e. The minimum Gasteiger partial charge on any atom is -0.497 e. The fourth-order valence-electron chi connectivity index (χ4n) is 2.23. The fraction of sp³-hybridized carbons (Fsp3) is 0.294. The number of aryl methyl sites for hydroxylation is 1. The molecular weight excluding hydrogens is 248 g/mol. The minimum absolute atomic E-state index is 0.888. The number of methoxy groups -OCH3 is 1. The molecule has 0 unspecified atom stereocenters. The Balaban J connectivity index is 1.85. The molecule has 0 aliphatic rings. The van der Waals surface area contributed by atoms with Gasteiger partial charge in [0.2, 0.25) is 0 Å². The van der Waals surface area contributed by atoms with Crippen LogP contribution in [-0.2, 0) is 6.42 Å². The van der Waals surface area contributed by atoms with E-state index in [1.165, 1.54) is 11.3 Å². The van der Waals surface area contributed by atoms with Crippen LogP contribution in [0.1, 0.15) is 12.0 Å². The van der Waals surface area contributed by atoms with E-state index in [-0.39, 0.29) is 0 Å². The van der Waals surface area contributed by atoms with Crippen LogP contribution >= 0.6 is 0 Å². The van der Waals surface area contributed by atoms with E-state index >= 15 is 0 Å². The van der Waals surface area contributed by atoms with Gasteiger partial charge in [-0.25, -0.2) is 0 Å². The number of hydrogen-bond acceptors (Lipinski definition) is 3. The van der Waals surface area contributed by atoms with Crippen molar-refractivity contribution in [1.29, 1.82) is 0 Å². The number of nitrogen functional groups attached to an aromatic ring is 1. The smallest absolute Gasteiger partial charge is 0.119 e. The summed E-state index contributed by atoms with van der Waals surface area (Å²) in [5.74, 6) is 0.888. The predicted octanol–water partition coefficient (Wildman–Crippen LogP) is 3.35. The number of benzene rings is 2. The number of hydrogen-bond donors (Lipinski definition) is 1. The summed E-state index contributed by atoms with van der Waals surface area (Å²) in [6, 6.07) is 16.2. The van der Waals surface area contributed by atoms with Gasteiger partial charge in [0.05, 0.1) is 7.11 Å². The van der Waals surface area contributed by atoms with Gasteiger partial charge in [-0.1, -0.05) is 18.2 Å². The molecular formula is C17H22N2O. The van der Waals surface area contributed by atoms with Crippen LogP contribution in [0, 0.1) is 0 Å². The number of rotatable bonds is 6. The molecule has 2 aromatic rings. The molecule has 3 heteroatoms. The van der Waals surface area contributed by atoms with E-state index in [0.29, 0.717) is 0 Å². The van der Waals surface area contributed by atoms with Gasteiger partial charge in [0.25, 0.3) is 0 Å². The third-order valence-electron chi connectivity index (χ3n) is 3.51. The summed E-state index contributed by atoms with van der Waals surface area (Å²) in [4.78, 5) is 2.25. The Morgan fingerprint density at radius 3 is 2.40 bits per heavy atom. The summed E-state index contributed by atoms with van der Waals surface area (Å²) in [5.41, 5.74) is 9.27. The molecule has 0 aromatic heterocycles. The van der Waals surface area contributed by atoms with E-state index in [1.807, 2.05) is 30.3 Å². The first kappa shape index (κ1) is 14.3. The Labute approximate surface area is 121 Å². The highest BCUT2D eigenvalue weighted by Crippen LogP contribution is 2.19. The zero-order chi connectivity index (χ0) is 14.4. The predicted molar refractivity (Wildman–Crippen MR) is 85.4 cm³/mol. The first-order valence-corrected chi connectivity index (χ1v) is 6.89. The Morgan fingerprint density at radius 2 is 1.75 bits per heavy atom. The van der Waals surface area contributed by atoms with Crippen LogP contribution in [0.15, 0.2) is 48.5 Å².